The van der Waals surface area contributed by atoms with E-state index in [2.05, 4.69) is 53.2 Å². The number of nitrogens with two attached hydrogens (primary N) is 1. The van der Waals surface area contributed by atoms with Gasteiger partial charge in [-0.1, -0.05) is 36.5 Å². The molecule has 0 bridgehead atoms. The molecule has 0 saturated carbocycles. The van der Waals surface area contributed by atoms with E-state index in [0.29, 0.717) is 10.9 Å². The summed E-state index contributed by atoms with van der Waals surface area (Å²) in [5.41, 5.74) is 10.9. The first-order chi connectivity index (χ1) is 10.2. The molecule has 1 unspecified atom stereocenters. The molecule has 2 nitrogen and oxygen atoms in total. The van der Waals surface area contributed by atoms with Crippen molar-refractivity contribution in [2.24, 2.45) is 5.73 Å². The fraction of sp³-hybridized carbons (Fsp3) is 0.167. The van der Waals surface area contributed by atoms with Crippen LogP contribution in [-0.2, 0) is 13.0 Å². The van der Waals surface area contributed by atoms with Gasteiger partial charge in [0.15, 0.2) is 0 Å². The number of nitrogens with zero attached hydrogens (tertiary/aromatic N) is 1. The molecule has 2 N–H and O–H groups in total. The van der Waals surface area contributed by atoms with Crippen LogP contribution in [0.1, 0.15) is 22.6 Å². The second kappa shape index (κ2) is 4.71. The second-order valence-electron chi connectivity index (χ2n) is 5.71. The Morgan fingerprint density at radius 3 is 2.86 bits per heavy atom. The van der Waals surface area contributed by atoms with Gasteiger partial charge < -0.3 is 10.3 Å². The monoisotopic (exact) mass is 292 g/mol. The lowest BCUT2D eigenvalue weighted by molar-refractivity contribution is 0.518. The molecule has 1 atom stereocenters. The summed E-state index contributed by atoms with van der Waals surface area (Å²) < 4.78 is 2.33. The van der Waals surface area contributed by atoms with Crippen molar-refractivity contribution in [2.75, 3.05) is 0 Å². The third-order valence-electron chi connectivity index (χ3n) is 4.43. The fourth-order valence-electron chi connectivity index (χ4n) is 3.28. The Morgan fingerprint density at radius 2 is 2.05 bits per heavy atom. The molecular formula is C18H16N2S. The van der Waals surface area contributed by atoms with Gasteiger partial charge in [0, 0.05) is 35.1 Å². The first kappa shape index (κ1) is 12.6. The molecular weight excluding hydrogens is 276 g/mol. The first-order valence-electron chi connectivity index (χ1n) is 7.19. The summed E-state index contributed by atoms with van der Waals surface area (Å²) in [5.74, 6) is 0.632. The highest BCUT2D eigenvalue weighted by atomic mass is 32.1. The Kier molecular flexibility index (Phi) is 2.82. The quantitative estimate of drug-likeness (QED) is 0.748. The van der Waals surface area contributed by atoms with Crippen LogP contribution in [0.15, 0.2) is 54.7 Å². The van der Waals surface area contributed by atoms with Gasteiger partial charge in [-0.25, -0.2) is 0 Å². The van der Waals surface area contributed by atoms with Crippen LogP contribution in [0.2, 0.25) is 0 Å². The van der Waals surface area contributed by atoms with Crippen molar-refractivity contribution in [3.05, 3.63) is 71.4 Å². The van der Waals surface area contributed by atoms with E-state index in [-0.39, 0.29) is 0 Å². The van der Waals surface area contributed by atoms with Crippen molar-refractivity contribution in [3.8, 4) is 0 Å². The van der Waals surface area contributed by atoms with Gasteiger partial charge in [-0.05, 0) is 41.8 Å². The molecule has 0 amide bonds. The predicted octanol–water partition coefficient (Wildman–Crippen LogP) is 3.62. The summed E-state index contributed by atoms with van der Waals surface area (Å²) in [5, 5.41) is 1.20. The lowest BCUT2D eigenvalue weighted by atomic mass is 9.77. The molecule has 21 heavy (non-hydrogen) atoms. The molecule has 1 aliphatic carbocycles. The van der Waals surface area contributed by atoms with Crippen LogP contribution in [0, 0.1) is 0 Å². The average molecular weight is 292 g/mol. The molecule has 1 heterocycles. The highest BCUT2D eigenvalue weighted by Gasteiger charge is 2.25. The third-order valence-corrected chi connectivity index (χ3v) is 4.67. The summed E-state index contributed by atoms with van der Waals surface area (Å²) in [6, 6.07) is 17.1. The van der Waals surface area contributed by atoms with Crippen LogP contribution < -0.4 is 5.73 Å². The molecule has 0 aliphatic heterocycles. The molecule has 0 fully saturated rings. The fourth-order valence-corrected chi connectivity index (χ4v) is 3.40. The molecule has 1 aromatic heterocycles. The van der Waals surface area contributed by atoms with Gasteiger partial charge in [-0.3, -0.25) is 0 Å². The van der Waals surface area contributed by atoms with Gasteiger partial charge in [0.05, 0.1) is 0 Å². The molecule has 3 heteroatoms. The maximum Gasteiger partial charge on any atom is 0.104 e. The number of benzene rings is 2. The summed E-state index contributed by atoms with van der Waals surface area (Å²) in [4.78, 5) is 0.456. The summed E-state index contributed by atoms with van der Waals surface area (Å²) >= 11 is 5.04. The van der Waals surface area contributed by atoms with E-state index < -0.39 is 0 Å². The lowest BCUT2D eigenvalue weighted by Crippen LogP contribution is -2.21. The zero-order chi connectivity index (χ0) is 14.4. The molecule has 3 aromatic rings. The topological polar surface area (TPSA) is 30.9 Å². The number of rotatable bonds is 3. The summed E-state index contributed by atoms with van der Waals surface area (Å²) in [6.45, 7) is 1.03. The van der Waals surface area contributed by atoms with Crippen molar-refractivity contribution < 1.29 is 0 Å². The SMILES string of the molecule is NC(=S)c1ccc2c(ccn2CC2Cc3ccccc32)c1. The van der Waals surface area contributed by atoms with Gasteiger partial charge in [0.25, 0.3) is 0 Å². The van der Waals surface area contributed by atoms with Crippen LogP contribution in [0.4, 0.5) is 0 Å². The van der Waals surface area contributed by atoms with E-state index in [0.717, 1.165) is 12.1 Å². The molecule has 104 valence electrons. The van der Waals surface area contributed by atoms with Gasteiger partial charge >= 0.3 is 0 Å². The highest BCUT2D eigenvalue weighted by Crippen LogP contribution is 2.36. The molecule has 0 spiro atoms. The van der Waals surface area contributed by atoms with Crippen molar-refractivity contribution in [1.29, 1.82) is 0 Å². The zero-order valence-electron chi connectivity index (χ0n) is 11.6. The molecule has 1 aliphatic rings. The Bertz CT molecular complexity index is 847. The van der Waals surface area contributed by atoms with Crippen LogP contribution in [-0.4, -0.2) is 9.56 Å². The van der Waals surface area contributed by atoms with Crippen molar-refractivity contribution >= 4 is 28.1 Å². The Balaban J connectivity index is 1.65. The number of aromatic nitrogens is 1. The van der Waals surface area contributed by atoms with E-state index in [4.69, 9.17) is 18.0 Å². The van der Waals surface area contributed by atoms with Crippen molar-refractivity contribution in [3.63, 3.8) is 0 Å². The average Bonchev–Trinajstić information content (AvgIpc) is 2.87. The van der Waals surface area contributed by atoms with E-state index >= 15 is 0 Å². The van der Waals surface area contributed by atoms with Crippen LogP contribution in [0.3, 0.4) is 0 Å². The minimum absolute atomic E-state index is 0.456. The smallest absolute Gasteiger partial charge is 0.104 e. The first-order valence-corrected chi connectivity index (χ1v) is 7.60. The zero-order valence-corrected chi connectivity index (χ0v) is 12.4. The van der Waals surface area contributed by atoms with Gasteiger partial charge in [-0.15, -0.1) is 0 Å². The van der Waals surface area contributed by atoms with Crippen LogP contribution in [0.5, 0.6) is 0 Å². The largest absolute Gasteiger partial charge is 0.389 e. The van der Waals surface area contributed by atoms with Crippen LogP contribution in [0.25, 0.3) is 10.9 Å². The van der Waals surface area contributed by atoms with E-state index in [1.807, 2.05) is 6.07 Å². The van der Waals surface area contributed by atoms with Gasteiger partial charge in [0.2, 0.25) is 0 Å². The number of hydrogen-bond donors (Lipinski definition) is 1. The minimum Gasteiger partial charge on any atom is -0.389 e. The molecule has 2 aromatic carbocycles. The summed E-state index contributed by atoms with van der Waals surface area (Å²) in [6.07, 6.45) is 3.34. The maximum atomic E-state index is 5.70. The van der Waals surface area contributed by atoms with Gasteiger partial charge in [0.1, 0.15) is 4.99 Å². The summed E-state index contributed by atoms with van der Waals surface area (Å²) in [7, 11) is 0. The number of thiocarbonyl (C=S) groups is 1. The van der Waals surface area contributed by atoms with E-state index in [9.17, 15) is 0 Å². The number of fused-ring (bicyclic) bond motifs is 2. The number of hydrogen-bond acceptors (Lipinski definition) is 1. The maximum absolute atomic E-state index is 5.70. The lowest BCUT2D eigenvalue weighted by Gasteiger charge is -2.30. The molecule has 4 rings (SSSR count). The Morgan fingerprint density at radius 1 is 1.19 bits per heavy atom. The minimum atomic E-state index is 0.456. The van der Waals surface area contributed by atoms with Crippen LogP contribution >= 0.6 is 12.2 Å². The Hall–Kier alpha value is -2.13. The normalized spacial score (nSPS) is 16.5. The van der Waals surface area contributed by atoms with E-state index in [1.165, 1.54) is 28.5 Å². The Labute approximate surface area is 129 Å². The van der Waals surface area contributed by atoms with Crippen molar-refractivity contribution in [1.82, 2.24) is 4.57 Å². The van der Waals surface area contributed by atoms with E-state index in [1.54, 1.807) is 0 Å². The molecule has 0 radical (unpaired) electrons. The molecule has 0 saturated heterocycles. The third kappa shape index (κ3) is 2.05. The standard InChI is InChI=1S/C18H16N2S/c19-18(21)14-5-6-17-13(10-14)7-8-20(17)11-15-9-12-3-1-2-4-16(12)15/h1-8,10,15H,9,11H2,(H2,19,21). The predicted molar refractivity (Wildman–Crippen MR) is 90.7 cm³/mol. The van der Waals surface area contributed by atoms with Gasteiger partial charge in [-0.2, -0.15) is 0 Å². The van der Waals surface area contributed by atoms with Crippen molar-refractivity contribution in [2.45, 2.75) is 18.9 Å². The highest BCUT2D eigenvalue weighted by molar-refractivity contribution is 7.80. The second-order valence-corrected chi connectivity index (χ2v) is 6.15.